The van der Waals surface area contributed by atoms with E-state index in [-0.39, 0.29) is 17.9 Å². The number of aliphatic hydroxyl groups is 1. The highest BCUT2D eigenvalue weighted by Crippen LogP contribution is 2.34. The predicted molar refractivity (Wildman–Crippen MR) is 60.9 cm³/mol. The standard InChI is InChI=1S/C10H9F3IO2/c1-6(5-15)7-3-2-4-8(14)9(7)16-10(11,12)13/h2-4,15H,5H2,1H3. The summed E-state index contributed by atoms with van der Waals surface area (Å²) in [5.74, 6) is 0.167. The normalized spacial score (nSPS) is 11.9. The Bertz CT molecular complexity index is 366. The topological polar surface area (TPSA) is 29.5 Å². The van der Waals surface area contributed by atoms with Crippen molar-refractivity contribution in [3.8, 4) is 5.75 Å². The molecule has 6 heteroatoms. The van der Waals surface area contributed by atoms with E-state index in [4.69, 9.17) is 5.11 Å². The first-order valence-electron chi connectivity index (χ1n) is 4.33. The van der Waals surface area contributed by atoms with Crippen molar-refractivity contribution in [2.24, 2.45) is 0 Å². The number of hydrogen-bond donors (Lipinski definition) is 1. The van der Waals surface area contributed by atoms with Crippen LogP contribution in [-0.2, 0) is 0 Å². The molecular formula is C10H9F3IO2. The highest BCUT2D eigenvalue weighted by molar-refractivity contribution is 14.1. The van der Waals surface area contributed by atoms with Gasteiger partial charge in [-0.3, -0.25) is 0 Å². The van der Waals surface area contributed by atoms with Gasteiger partial charge < -0.3 is 9.84 Å². The molecule has 0 aliphatic heterocycles. The highest BCUT2D eigenvalue weighted by atomic mass is 127. The van der Waals surface area contributed by atoms with Crippen LogP contribution in [0.1, 0.15) is 12.5 Å². The van der Waals surface area contributed by atoms with Gasteiger partial charge in [-0.25, -0.2) is 0 Å². The Labute approximate surface area is 105 Å². The van der Waals surface area contributed by atoms with E-state index in [0.29, 0.717) is 9.49 Å². The molecule has 1 aromatic carbocycles. The molecule has 89 valence electrons. The second kappa shape index (κ2) is 5.22. The Balaban J connectivity index is 3.13. The van der Waals surface area contributed by atoms with Crippen molar-refractivity contribution in [2.75, 3.05) is 6.61 Å². The Morgan fingerprint density at radius 3 is 2.56 bits per heavy atom. The molecule has 0 unspecified atom stereocenters. The van der Waals surface area contributed by atoms with E-state index in [1.165, 1.54) is 12.1 Å². The van der Waals surface area contributed by atoms with E-state index in [1.807, 2.05) is 0 Å². The molecule has 2 nitrogen and oxygen atoms in total. The number of para-hydroxylation sites is 1. The number of rotatable bonds is 3. The van der Waals surface area contributed by atoms with E-state index >= 15 is 0 Å². The molecule has 1 aromatic rings. The smallest absolute Gasteiger partial charge is 0.404 e. The fraction of sp³-hybridized carbons (Fsp3) is 0.300. The number of ether oxygens (including phenoxy) is 1. The summed E-state index contributed by atoms with van der Waals surface area (Å²) in [6.45, 7) is 1.24. The van der Waals surface area contributed by atoms with Crippen LogP contribution in [-0.4, -0.2) is 18.1 Å². The monoisotopic (exact) mass is 345 g/mol. The molecule has 0 spiro atoms. The van der Waals surface area contributed by atoms with Crippen LogP contribution in [0.5, 0.6) is 5.75 Å². The average Bonchev–Trinajstić information content (AvgIpc) is 2.18. The molecule has 1 rings (SSSR count). The van der Waals surface area contributed by atoms with E-state index in [9.17, 15) is 13.2 Å². The van der Waals surface area contributed by atoms with E-state index in [1.54, 1.807) is 35.6 Å². The molecule has 0 saturated carbocycles. The summed E-state index contributed by atoms with van der Waals surface area (Å²) in [6, 6.07) is 4.60. The first-order chi connectivity index (χ1) is 7.35. The molecular weight excluding hydrogens is 336 g/mol. The van der Waals surface area contributed by atoms with Gasteiger partial charge in [0.05, 0.1) is 10.2 Å². The lowest BCUT2D eigenvalue weighted by atomic mass is 10.0. The second-order valence-electron chi connectivity index (χ2n) is 3.10. The minimum Gasteiger partial charge on any atom is -0.404 e. The molecule has 1 N–H and O–H groups in total. The number of aliphatic hydroxyl groups excluding tert-OH is 1. The van der Waals surface area contributed by atoms with E-state index < -0.39 is 6.36 Å². The van der Waals surface area contributed by atoms with Gasteiger partial charge in [0.25, 0.3) is 0 Å². The number of benzene rings is 1. The summed E-state index contributed by atoms with van der Waals surface area (Å²) in [4.78, 5) is 0. The maximum absolute atomic E-state index is 12.2. The summed E-state index contributed by atoms with van der Waals surface area (Å²) in [5, 5.41) is 8.93. The van der Waals surface area contributed by atoms with Crippen LogP contribution in [0, 0.1) is 9.49 Å². The van der Waals surface area contributed by atoms with Gasteiger partial charge in [-0.2, -0.15) is 0 Å². The summed E-state index contributed by atoms with van der Waals surface area (Å²) < 4.78 is 40.8. The molecule has 0 atom stereocenters. The van der Waals surface area contributed by atoms with Crippen molar-refractivity contribution in [1.29, 1.82) is 0 Å². The molecule has 0 amide bonds. The van der Waals surface area contributed by atoms with Crippen molar-refractivity contribution < 1.29 is 23.0 Å². The van der Waals surface area contributed by atoms with E-state index in [2.05, 4.69) is 4.74 Å². The van der Waals surface area contributed by atoms with Crippen LogP contribution in [0.15, 0.2) is 18.2 Å². The maximum atomic E-state index is 12.2. The molecule has 0 aliphatic rings. The molecule has 1 radical (unpaired) electrons. The third-order valence-electron chi connectivity index (χ3n) is 1.88. The van der Waals surface area contributed by atoms with Gasteiger partial charge in [0, 0.05) is 11.5 Å². The van der Waals surface area contributed by atoms with Crippen molar-refractivity contribution in [1.82, 2.24) is 0 Å². The Kier molecular flexibility index (Phi) is 4.43. The van der Waals surface area contributed by atoms with Gasteiger partial charge in [-0.1, -0.05) is 19.1 Å². The molecule has 0 aliphatic carbocycles. The highest BCUT2D eigenvalue weighted by Gasteiger charge is 2.33. The fourth-order valence-corrected chi connectivity index (χ4v) is 1.76. The minimum atomic E-state index is -4.73. The first-order valence-corrected chi connectivity index (χ1v) is 5.41. The van der Waals surface area contributed by atoms with Crippen molar-refractivity contribution >= 4 is 22.6 Å². The van der Waals surface area contributed by atoms with Crippen molar-refractivity contribution in [3.63, 3.8) is 0 Å². The first kappa shape index (κ1) is 13.6. The summed E-state index contributed by atoms with van der Waals surface area (Å²) in [6.07, 6.45) is -4.73. The van der Waals surface area contributed by atoms with Crippen LogP contribution in [0.2, 0.25) is 0 Å². The fourth-order valence-electron chi connectivity index (χ4n) is 1.15. The number of hydrogen-bond acceptors (Lipinski definition) is 2. The predicted octanol–water partition coefficient (Wildman–Crippen LogP) is 3.12. The van der Waals surface area contributed by atoms with Crippen LogP contribution in [0.4, 0.5) is 13.2 Å². The summed E-state index contributed by atoms with van der Waals surface area (Å²) in [7, 11) is 0. The second-order valence-corrected chi connectivity index (χ2v) is 4.26. The van der Waals surface area contributed by atoms with Gasteiger partial charge in [0.15, 0.2) is 0 Å². The van der Waals surface area contributed by atoms with Gasteiger partial charge in [-0.05, 0) is 28.7 Å². The van der Waals surface area contributed by atoms with Gasteiger partial charge in [0.1, 0.15) is 5.75 Å². The van der Waals surface area contributed by atoms with E-state index in [0.717, 1.165) is 0 Å². The minimum absolute atomic E-state index is 0.262. The largest absolute Gasteiger partial charge is 0.573 e. The lowest BCUT2D eigenvalue weighted by molar-refractivity contribution is -0.275. The van der Waals surface area contributed by atoms with Crippen LogP contribution >= 0.6 is 22.6 Å². The number of alkyl halides is 3. The molecule has 0 saturated heterocycles. The van der Waals surface area contributed by atoms with Crippen molar-refractivity contribution in [2.45, 2.75) is 13.3 Å². The van der Waals surface area contributed by atoms with Gasteiger partial charge in [-0.15, -0.1) is 13.2 Å². The SMILES string of the molecule is C[C](CO)c1cccc(I)c1OC(F)(F)F. The zero-order chi connectivity index (χ0) is 12.3. The van der Waals surface area contributed by atoms with Crippen LogP contribution < -0.4 is 4.74 Å². The maximum Gasteiger partial charge on any atom is 0.573 e. The third-order valence-corrected chi connectivity index (χ3v) is 2.73. The third kappa shape index (κ3) is 3.51. The van der Waals surface area contributed by atoms with Crippen molar-refractivity contribution in [3.05, 3.63) is 33.3 Å². The van der Waals surface area contributed by atoms with Gasteiger partial charge in [0.2, 0.25) is 0 Å². The molecule has 0 bridgehead atoms. The zero-order valence-electron chi connectivity index (χ0n) is 8.31. The quantitative estimate of drug-likeness (QED) is 0.853. The molecule has 16 heavy (non-hydrogen) atoms. The molecule has 0 aromatic heterocycles. The lowest BCUT2D eigenvalue weighted by Crippen LogP contribution is -2.19. The summed E-state index contributed by atoms with van der Waals surface area (Å²) in [5.41, 5.74) is 0.270. The van der Waals surface area contributed by atoms with Gasteiger partial charge >= 0.3 is 6.36 Å². The number of halogens is 4. The molecule has 0 fully saturated rings. The molecule has 0 heterocycles. The van der Waals surface area contributed by atoms with Crippen LogP contribution in [0.25, 0.3) is 0 Å². The Morgan fingerprint density at radius 1 is 1.44 bits per heavy atom. The lowest BCUT2D eigenvalue weighted by Gasteiger charge is -2.17. The zero-order valence-corrected chi connectivity index (χ0v) is 10.5. The Morgan fingerprint density at radius 2 is 2.06 bits per heavy atom. The summed E-state index contributed by atoms with van der Waals surface area (Å²) >= 11 is 1.76. The Hall–Kier alpha value is -0.500. The average molecular weight is 345 g/mol. The van der Waals surface area contributed by atoms with Crippen LogP contribution in [0.3, 0.4) is 0 Å².